The highest BCUT2D eigenvalue weighted by molar-refractivity contribution is 5.84. The van der Waals surface area contributed by atoms with Gasteiger partial charge >= 0.3 is 5.97 Å². The predicted molar refractivity (Wildman–Crippen MR) is 65.0 cm³/mol. The molecule has 0 aliphatic carbocycles. The predicted octanol–water partition coefficient (Wildman–Crippen LogP) is 0.752. The first-order valence-electron chi connectivity index (χ1n) is 5.61. The van der Waals surface area contributed by atoms with Gasteiger partial charge in [0.15, 0.2) is 0 Å². The van der Waals surface area contributed by atoms with Gasteiger partial charge in [-0.05, 0) is 6.07 Å². The number of hydrogen-bond donors (Lipinski definition) is 1. The lowest BCUT2D eigenvalue weighted by Crippen LogP contribution is -2.22. The van der Waals surface area contributed by atoms with Crippen LogP contribution in [0.25, 0.3) is 0 Å². The first kappa shape index (κ1) is 13.2. The molecule has 2 aromatic rings. The number of methoxy groups -OCH3 is 1. The largest absolute Gasteiger partial charge is 0.463 e. The third-order valence-electron chi connectivity index (χ3n) is 2.68. The van der Waals surface area contributed by atoms with Crippen LogP contribution < -0.4 is 5.73 Å². The quantitative estimate of drug-likeness (QED) is 0.824. The SMILES string of the molecule is COC(=O)c1ncn(C(CN)c2ccccc2F)n1. The minimum Gasteiger partial charge on any atom is -0.463 e. The van der Waals surface area contributed by atoms with Crippen molar-refractivity contribution in [2.45, 2.75) is 6.04 Å². The molecule has 1 aromatic carbocycles. The molecule has 1 aromatic heterocycles. The van der Waals surface area contributed by atoms with Crippen LogP contribution in [0.2, 0.25) is 0 Å². The van der Waals surface area contributed by atoms with Gasteiger partial charge in [-0.1, -0.05) is 18.2 Å². The normalized spacial score (nSPS) is 12.2. The lowest BCUT2D eigenvalue weighted by molar-refractivity contribution is 0.0586. The van der Waals surface area contributed by atoms with Crippen molar-refractivity contribution in [2.24, 2.45) is 5.73 Å². The number of ether oxygens (including phenoxy) is 1. The second-order valence-electron chi connectivity index (χ2n) is 3.81. The van der Waals surface area contributed by atoms with Crippen LogP contribution in [-0.4, -0.2) is 34.4 Å². The zero-order valence-electron chi connectivity index (χ0n) is 10.3. The van der Waals surface area contributed by atoms with E-state index in [1.54, 1.807) is 18.2 Å². The number of nitrogens with zero attached hydrogens (tertiary/aromatic N) is 3. The number of carbonyl (C=O) groups is 1. The van der Waals surface area contributed by atoms with Gasteiger partial charge in [0.1, 0.15) is 12.1 Å². The van der Waals surface area contributed by atoms with Crippen molar-refractivity contribution < 1.29 is 13.9 Å². The summed E-state index contributed by atoms with van der Waals surface area (Å²) >= 11 is 0. The first-order valence-corrected chi connectivity index (χ1v) is 5.61. The molecule has 0 bridgehead atoms. The lowest BCUT2D eigenvalue weighted by atomic mass is 10.1. The summed E-state index contributed by atoms with van der Waals surface area (Å²) in [5.41, 5.74) is 6.05. The van der Waals surface area contributed by atoms with Gasteiger partial charge < -0.3 is 10.5 Å². The van der Waals surface area contributed by atoms with Gasteiger partial charge in [0.05, 0.1) is 13.2 Å². The molecule has 0 radical (unpaired) electrons. The van der Waals surface area contributed by atoms with Crippen molar-refractivity contribution in [2.75, 3.05) is 13.7 Å². The molecule has 1 heterocycles. The molecular formula is C12H13FN4O2. The van der Waals surface area contributed by atoms with Crippen LogP contribution in [0, 0.1) is 5.82 Å². The van der Waals surface area contributed by atoms with E-state index < -0.39 is 12.0 Å². The van der Waals surface area contributed by atoms with Crippen molar-refractivity contribution in [3.05, 3.63) is 47.8 Å². The summed E-state index contributed by atoms with van der Waals surface area (Å²) in [6.07, 6.45) is 1.33. The van der Waals surface area contributed by atoms with Gasteiger partial charge in [0.2, 0.25) is 0 Å². The summed E-state index contributed by atoms with van der Waals surface area (Å²) < 4.78 is 19.6. The summed E-state index contributed by atoms with van der Waals surface area (Å²) in [5.74, 6) is -1.12. The monoisotopic (exact) mass is 264 g/mol. The number of nitrogens with two attached hydrogens (primary N) is 1. The molecule has 0 aliphatic heterocycles. The minimum atomic E-state index is -0.650. The molecule has 0 aliphatic rings. The van der Waals surface area contributed by atoms with Crippen LogP contribution in [0.3, 0.4) is 0 Å². The van der Waals surface area contributed by atoms with Crippen molar-refractivity contribution in [1.82, 2.24) is 14.8 Å². The Hall–Kier alpha value is -2.28. The standard InChI is InChI=1S/C12H13FN4O2/c1-19-12(18)11-15-7-17(16-11)10(6-14)8-4-2-3-5-9(8)13/h2-5,7,10H,6,14H2,1H3. The zero-order chi connectivity index (χ0) is 13.8. The number of benzene rings is 1. The smallest absolute Gasteiger partial charge is 0.377 e. The molecule has 100 valence electrons. The third kappa shape index (κ3) is 2.60. The van der Waals surface area contributed by atoms with Gasteiger partial charge in [-0.3, -0.25) is 0 Å². The second kappa shape index (κ2) is 5.57. The Morgan fingerprint density at radius 2 is 2.26 bits per heavy atom. The Balaban J connectivity index is 2.35. The number of esters is 1. The molecule has 6 nitrogen and oxygen atoms in total. The lowest BCUT2D eigenvalue weighted by Gasteiger charge is -2.15. The summed E-state index contributed by atoms with van der Waals surface area (Å²) in [6.45, 7) is 0.130. The number of aromatic nitrogens is 3. The summed E-state index contributed by atoms with van der Waals surface area (Å²) in [6, 6.07) is 5.74. The van der Waals surface area contributed by atoms with E-state index in [0.717, 1.165) is 0 Å². The summed E-state index contributed by atoms with van der Waals surface area (Å²) in [7, 11) is 1.24. The van der Waals surface area contributed by atoms with Crippen molar-refractivity contribution in [3.8, 4) is 0 Å². The number of hydrogen-bond acceptors (Lipinski definition) is 5. The fourth-order valence-corrected chi connectivity index (χ4v) is 1.73. The molecule has 7 heteroatoms. The molecule has 0 saturated carbocycles. The van der Waals surface area contributed by atoms with Crippen LogP contribution in [0.15, 0.2) is 30.6 Å². The number of carbonyl (C=O) groups excluding carboxylic acids is 1. The van der Waals surface area contributed by atoms with Crippen LogP contribution in [-0.2, 0) is 4.74 Å². The second-order valence-corrected chi connectivity index (χ2v) is 3.81. The minimum absolute atomic E-state index is 0.0858. The third-order valence-corrected chi connectivity index (χ3v) is 2.68. The van der Waals surface area contributed by atoms with Crippen LogP contribution in [0.5, 0.6) is 0 Å². The summed E-state index contributed by atoms with van der Waals surface area (Å²) in [4.78, 5) is 15.1. The zero-order valence-corrected chi connectivity index (χ0v) is 10.3. The maximum Gasteiger partial charge on any atom is 0.377 e. The Bertz CT molecular complexity index is 585. The van der Waals surface area contributed by atoms with E-state index in [4.69, 9.17) is 5.73 Å². The van der Waals surface area contributed by atoms with Gasteiger partial charge in [-0.2, -0.15) is 0 Å². The molecule has 0 fully saturated rings. The highest BCUT2D eigenvalue weighted by Gasteiger charge is 2.19. The fourth-order valence-electron chi connectivity index (χ4n) is 1.73. The molecule has 1 unspecified atom stereocenters. The molecule has 1 atom stereocenters. The van der Waals surface area contributed by atoms with Gasteiger partial charge in [0, 0.05) is 12.1 Å². The Morgan fingerprint density at radius 3 is 2.89 bits per heavy atom. The highest BCUT2D eigenvalue weighted by Crippen LogP contribution is 2.19. The Morgan fingerprint density at radius 1 is 1.53 bits per heavy atom. The number of rotatable bonds is 4. The van der Waals surface area contributed by atoms with Crippen LogP contribution >= 0.6 is 0 Å². The van der Waals surface area contributed by atoms with Crippen molar-refractivity contribution in [3.63, 3.8) is 0 Å². The van der Waals surface area contributed by atoms with Gasteiger partial charge in [-0.25, -0.2) is 18.9 Å². The van der Waals surface area contributed by atoms with E-state index in [-0.39, 0.29) is 18.2 Å². The molecule has 2 rings (SSSR count). The van der Waals surface area contributed by atoms with Crippen molar-refractivity contribution in [1.29, 1.82) is 0 Å². The highest BCUT2D eigenvalue weighted by atomic mass is 19.1. The summed E-state index contributed by atoms with van der Waals surface area (Å²) in [5, 5.41) is 3.95. The molecular weight excluding hydrogens is 251 g/mol. The van der Waals surface area contributed by atoms with E-state index in [1.165, 1.54) is 24.2 Å². The molecule has 19 heavy (non-hydrogen) atoms. The van der Waals surface area contributed by atoms with E-state index in [0.29, 0.717) is 5.56 Å². The topological polar surface area (TPSA) is 83.0 Å². The van der Waals surface area contributed by atoms with Crippen LogP contribution in [0.4, 0.5) is 4.39 Å². The Kier molecular flexibility index (Phi) is 3.86. The molecule has 2 N–H and O–H groups in total. The van der Waals surface area contributed by atoms with Gasteiger partial charge in [-0.15, -0.1) is 5.10 Å². The van der Waals surface area contributed by atoms with E-state index in [9.17, 15) is 9.18 Å². The first-order chi connectivity index (χ1) is 9.17. The molecule has 0 amide bonds. The van der Waals surface area contributed by atoms with E-state index >= 15 is 0 Å². The van der Waals surface area contributed by atoms with E-state index in [2.05, 4.69) is 14.8 Å². The maximum absolute atomic E-state index is 13.7. The Labute approximate surface area is 109 Å². The molecule has 0 saturated heterocycles. The van der Waals surface area contributed by atoms with Gasteiger partial charge in [0.25, 0.3) is 5.82 Å². The average molecular weight is 264 g/mol. The number of halogens is 1. The maximum atomic E-state index is 13.7. The van der Waals surface area contributed by atoms with Crippen LogP contribution in [0.1, 0.15) is 22.2 Å². The van der Waals surface area contributed by atoms with Crippen molar-refractivity contribution >= 4 is 5.97 Å². The average Bonchev–Trinajstić information content (AvgIpc) is 2.90. The molecule has 0 spiro atoms. The van der Waals surface area contributed by atoms with E-state index in [1.807, 2.05) is 0 Å². The fraction of sp³-hybridized carbons (Fsp3) is 0.250.